The van der Waals surface area contributed by atoms with Gasteiger partial charge in [0, 0.05) is 6.42 Å². The number of amides is 1. The first kappa shape index (κ1) is 82.2. The summed E-state index contributed by atoms with van der Waals surface area (Å²) >= 11 is 0. The second kappa shape index (κ2) is 65.6. The Kier molecular flexibility index (Phi) is 63.4. The first-order valence-electron chi connectivity index (χ1n) is 35.7. The number of nitrogens with zero attached hydrogens (tertiary/aromatic N) is 1. The Morgan fingerprint density at radius 1 is 0.424 bits per heavy atom. The first-order valence-corrected chi connectivity index (χ1v) is 37.2. The van der Waals surface area contributed by atoms with Gasteiger partial charge in [0.1, 0.15) is 13.2 Å². The molecule has 0 aromatic rings. The van der Waals surface area contributed by atoms with Gasteiger partial charge in [-0.25, -0.2) is 0 Å². The quantitative estimate of drug-likeness (QED) is 0.0272. The van der Waals surface area contributed by atoms with Crippen LogP contribution in [0.2, 0.25) is 0 Å². The Morgan fingerprint density at radius 3 is 1.09 bits per heavy atom. The van der Waals surface area contributed by atoms with Gasteiger partial charge in [-0.15, -0.1) is 0 Å². The lowest BCUT2D eigenvalue weighted by Gasteiger charge is -2.29. The Bertz CT molecular complexity index is 1760. The normalized spacial score (nSPS) is 14.3. The van der Waals surface area contributed by atoms with Crippen molar-refractivity contribution in [2.45, 2.75) is 328 Å². The minimum absolute atomic E-state index is 0.00824. The van der Waals surface area contributed by atoms with Gasteiger partial charge < -0.3 is 28.8 Å². The lowest BCUT2D eigenvalue weighted by Crippen LogP contribution is -2.45. The van der Waals surface area contributed by atoms with E-state index in [1.54, 1.807) is 6.08 Å². The zero-order valence-electron chi connectivity index (χ0n) is 56.3. The molecular formula is C76H137N2O6P. The predicted octanol–water partition coefficient (Wildman–Crippen LogP) is 22.4. The monoisotopic (exact) mass is 1210 g/mol. The maximum Gasteiger partial charge on any atom is 0.268 e. The van der Waals surface area contributed by atoms with Crippen LogP contribution in [0.1, 0.15) is 316 Å². The molecule has 0 heterocycles. The summed E-state index contributed by atoms with van der Waals surface area (Å²) in [4.78, 5) is 25.6. The molecule has 9 heteroatoms. The topological polar surface area (TPSA) is 108 Å². The minimum atomic E-state index is -4.61. The van der Waals surface area contributed by atoms with Crippen molar-refractivity contribution in [1.29, 1.82) is 0 Å². The molecule has 0 aliphatic rings. The fraction of sp³-hybridized carbons (Fsp3) is 0.750. The highest BCUT2D eigenvalue weighted by Gasteiger charge is 2.23. The summed E-state index contributed by atoms with van der Waals surface area (Å²) < 4.78 is 23.4. The lowest BCUT2D eigenvalue weighted by molar-refractivity contribution is -0.870. The van der Waals surface area contributed by atoms with Gasteiger partial charge in [0.2, 0.25) is 5.91 Å². The third kappa shape index (κ3) is 68.5. The number of aliphatic hydroxyl groups is 1. The Hall–Kier alpha value is -2.84. The van der Waals surface area contributed by atoms with E-state index in [2.05, 4.69) is 116 Å². The number of likely N-dealkylation sites (N-methyl/N-ethyl adjacent to an activating group) is 1. The molecule has 0 aromatic carbocycles. The minimum Gasteiger partial charge on any atom is -0.756 e. The van der Waals surface area contributed by atoms with E-state index < -0.39 is 26.6 Å². The third-order valence-electron chi connectivity index (χ3n) is 15.7. The largest absolute Gasteiger partial charge is 0.756 e. The smallest absolute Gasteiger partial charge is 0.268 e. The first-order chi connectivity index (χ1) is 41.5. The number of unbranched alkanes of at least 4 members (excludes halogenated alkanes) is 36. The van der Waals surface area contributed by atoms with E-state index in [-0.39, 0.29) is 12.5 Å². The van der Waals surface area contributed by atoms with Crippen LogP contribution < -0.4 is 10.2 Å². The van der Waals surface area contributed by atoms with Gasteiger partial charge >= 0.3 is 0 Å². The number of carbonyl (C=O) groups is 1. The highest BCUT2D eigenvalue weighted by atomic mass is 31.2. The molecule has 85 heavy (non-hydrogen) atoms. The number of carbonyl (C=O) groups excluding carboxylic acids is 1. The number of aliphatic hydroxyl groups excluding tert-OH is 1. The maximum atomic E-state index is 13.0. The molecule has 0 bridgehead atoms. The molecule has 492 valence electrons. The van der Waals surface area contributed by atoms with Crippen LogP contribution >= 0.6 is 7.82 Å². The van der Waals surface area contributed by atoms with Crippen molar-refractivity contribution in [3.05, 3.63) is 109 Å². The van der Waals surface area contributed by atoms with E-state index in [1.807, 2.05) is 27.2 Å². The van der Waals surface area contributed by atoms with E-state index in [0.29, 0.717) is 17.4 Å². The number of hydrogen-bond acceptors (Lipinski definition) is 6. The standard InChI is InChI=1S/C76H137N2O6P/c1-6-8-10-12-14-16-18-20-22-24-26-28-30-31-32-33-34-35-36-37-38-39-40-41-42-43-44-45-46-47-48-50-52-54-56-58-60-62-64-66-68-70-76(80)77-74(73-84-85(81,82)83-72-71-78(3,4)5)75(79)69-67-65-63-61-59-57-55-53-51-49-29-27-25-23-21-19-17-15-13-11-9-7-2/h8,10,14,16,20,22,26,28,31-32,34-35,37-38,59,61,67,69,74-75,79H,6-7,9,11-13,15,17-19,21,23-25,27,29-30,33,36,39-58,60,62-66,68,70-73H2,1-5H3,(H-,77,80,81,82)/b10-8-,16-14-,22-20-,28-26-,32-31-,35-34-,38-37-,61-59+,69-67+. The van der Waals surface area contributed by atoms with Crippen LogP contribution in [-0.4, -0.2) is 68.5 Å². The number of phosphoric ester groups is 1. The van der Waals surface area contributed by atoms with E-state index in [0.717, 1.165) is 83.5 Å². The molecule has 0 aliphatic heterocycles. The molecule has 3 unspecified atom stereocenters. The van der Waals surface area contributed by atoms with Gasteiger partial charge in [-0.3, -0.25) is 9.36 Å². The molecule has 0 rings (SSSR count). The number of allylic oxidation sites excluding steroid dienone is 17. The Labute approximate surface area is 527 Å². The lowest BCUT2D eigenvalue weighted by atomic mass is 10.0. The Morgan fingerprint density at radius 2 is 0.729 bits per heavy atom. The number of nitrogens with one attached hydrogen (secondary N) is 1. The number of rotatable bonds is 65. The average Bonchev–Trinajstić information content (AvgIpc) is 3.48. The van der Waals surface area contributed by atoms with Crippen LogP contribution in [-0.2, 0) is 18.4 Å². The third-order valence-corrected chi connectivity index (χ3v) is 16.7. The van der Waals surface area contributed by atoms with Crippen LogP contribution in [0.25, 0.3) is 0 Å². The maximum absolute atomic E-state index is 13.0. The van der Waals surface area contributed by atoms with E-state index in [4.69, 9.17) is 9.05 Å². The summed E-state index contributed by atoms with van der Waals surface area (Å²) in [6.45, 7) is 4.54. The Balaban J connectivity index is 4.02. The summed E-state index contributed by atoms with van der Waals surface area (Å²) in [6, 6.07) is -0.908. The van der Waals surface area contributed by atoms with Gasteiger partial charge in [-0.1, -0.05) is 329 Å². The van der Waals surface area contributed by atoms with Crippen LogP contribution in [0.3, 0.4) is 0 Å². The van der Waals surface area contributed by atoms with Crippen molar-refractivity contribution in [2.24, 2.45) is 0 Å². The fourth-order valence-electron chi connectivity index (χ4n) is 10.2. The van der Waals surface area contributed by atoms with E-state index >= 15 is 0 Å². The summed E-state index contributed by atoms with van der Waals surface area (Å²) in [5, 5.41) is 13.9. The van der Waals surface area contributed by atoms with Crippen LogP contribution in [0.4, 0.5) is 0 Å². The van der Waals surface area contributed by atoms with E-state index in [1.165, 1.54) is 212 Å². The van der Waals surface area contributed by atoms with Crippen molar-refractivity contribution >= 4 is 13.7 Å². The summed E-state index contributed by atoms with van der Waals surface area (Å²) in [6.07, 6.45) is 96.5. The van der Waals surface area contributed by atoms with Gasteiger partial charge in [0.15, 0.2) is 0 Å². The fourth-order valence-corrected chi connectivity index (χ4v) is 10.9. The molecule has 0 aromatic heterocycles. The second-order valence-corrected chi connectivity index (χ2v) is 26.6. The number of phosphoric acid groups is 1. The number of quaternary nitrogens is 1. The molecule has 0 saturated carbocycles. The summed E-state index contributed by atoms with van der Waals surface area (Å²) in [7, 11) is 1.25. The SMILES string of the molecule is CC/C=C\C/C=C\C/C=C\C/C=C\C/C=C\C/C=C\C/C=C\CCCCCCCCCCCCCCCCCCCCCC(=O)NC(COP(=O)([O-])OCC[N+](C)(C)C)C(O)/C=C/CC/C=C/CCCCCCCCCCCCCCCCCC. The molecule has 0 fully saturated rings. The van der Waals surface area contributed by atoms with Crippen molar-refractivity contribution in [3.63, 3.8) is 0 Å². The van der Waals surface area contributed by atoms with Gasteiger partial charge in [-0.2, -0.15) is 0 Å². The van der Waals surface area contributed by atoms with Crippen molar-refractivity contribution in [2.75, 3.05) is 40.9 Å². The van der Waals surface area contributed by atoms with Crippen LogP contribution in [0.5, 0.6) is 0 Å². The van der Waals surface area contributed by atoms with Gasteiger partial charge in [0.25, 0.3) is 7.82 Å². The zero-order chi connectivity index (χ0) is 61.9. The van der Waals surface area contributed by atoms with Crippen LogP contribution in [0, 0.1) is 0 Å². The number of hydrogen-bond donors (Lipinski definition) is 2. The summed E-state index contributed by atoms with van der Waals surface area (Å²) in [5.41, 5.74) is 0. The zero-order valence-corrected chi connectivity index (χ0v) is 57.2. The van der Waals surface area contributed by atoms with Crippen molar-refractivity contribution in [3.8, 4) is 0 Å². The molecule has 8 nitrogen and oxygen atoms in total. The molecular weight excluding hydrogens is 1070 g/mol. The molecule has 0 spiro atoms. The molecule has 1 amide bonds. The average molecular weight is 1210 g/mol. The molecule has 3 atom stereocenters. The van der Waals surface area contributed by atoms with Gasteiger partial charge in [-0.05, 0) is 89.9 Å². The molecule has 0 saturated heterocycles. The highest BCUT2D eigenvalue weighted by Crippen LogP contribution is 2.38. The predicted molar refractivity (Wildman–Crippen MR) is 371 cm³/mol. The van der Waals surface area contributed by atoms with Crippen LogP contribution in [0.15, 0.2) is 109 Å². The highest BCUT2D eigenvalue weighted by molar-refractivity contribution is 7.45. The second-order valence-electron chi connectivity index (χ2n) is 25.2. The van der Waals surface area contributed by atoms with Crippen molar-refractivity contribution < 1.29 is 32.9 Å². The van der Waals surface area contributed by atoms with Crippen molar-refractivity contribution in [1.82, 2.24) is 5.32 Å². The molecule has 0 aliphatic carbocycles. The van der Waals surface area contributed by atoms with Gasteiger partial charge in [0.05, 0.1) is 39.9 Å². The van der Waals surface area contributed by atoms with E-state index in [9.17, 15) is 19.4 Å². The molecule has 2 N–H and O–H groups in total. The molecule has 0 radical (unpaired) electrons. The summed E-state index contributed by atoms with van der Waals surface area (Å²) in [5.74, 6) is -0.205.